The van der Waals surface area contributed by atoms with E-state index < -0.39 is 11.7 Å². The maximum absolute atomic E-state index is 12.4. The highest BCUT2D eigenvalue weighted by Crippen LogP contribution is 2.36. The summed E-state index contributed by atoms with van der Waals surface area (Å²) >= 11 is 9.27. The molecule has 78 valence electrons. The number of anilines is 1. The zero-order valence-corrected chi connectivity index (χ0v) is 8.55. The number of nitrogens with one attached hydrogen (secondary N) is 1. The molecular weight excluding hydrogens is 235 g/mol. The molecule has 0 saturated carbocycles. The third-order valence-electron chi connectivity index (χ3n) is 1.56. The quantitative estimate of drug-likeness (QED) is 0.595. The molecule has 0 unspecified atom stereocenters. The molecule has 0 spiro atoms. The molecule has 1 aromatic carbocycles. The molecule has 0 aliphatic rings. The van der Waals surface area contributed by atoms with Crippen molar-refractivity contribution < 1.29 is 13.2 Å². The lowest BCUT2D eigenvalue weighted by Gasteiger charge is -2.13. The molecule has 0 aliphatic carbocycles. The number of benzene rings is 1. The van der Waals surface area contributed by atoms with Crippen molar-refractivity contribution in [2.75, 3.05) is 11.2 Å². The Morgan fingerprint density at radius 2 is 2.00 bits per heavy atom. The Hall–Kier alpha value is -0.550. The van der Waals surface area contributed by atoms with Crippen molar-refractivity contribution in [2.45, 2.75) is 6.18 Å². The Morgan fingerprint density at radius 3 is 2.50 bits per heavy atom. The van der Waals surface area contributed by atoms with Crippen molar-refractivity contribution in [1.82, 2.24) is 0 Å². The monoisotopic (exact) mass is 241 g/mol. The van der Waals surface area contributed by atoms with Gasteiger partial charge >= 0.3 is 6.18 Å². The van der Waals surface area contributed by atoms with Crippen LogP contribution >= 0.6 is 24.2 Å². The van der Waals surface area contributed by atoms with Crippen LogP contribution in [0.2, 0.25) is 5.02 Å². The van der Waals surface area contributed by atoms with Gasteiger partial charge in [0.25, 0.3) is 0 Å². The molecule has 0 bridgehead atoms. The van der Waals surface area contributed by atoms with Crippen molar-refractivity contribution in [2.24, 2.45) is 0 Å². The smallest absolute Gasteiger partial charge is 0.376 e. The van der Waals surface area contributed by atoms with E-state index in [2.05, 4.69) is 17.9 Å². The predicted octanol–water partition coefficient (Wildman–Crippen LogP) is 3.66. The summed E-state index contributed by atoms with van der Waals surface area (Å²) in [7, 11) is 0. The van der Waals surface area contributed by atoms with E-state index in [9.17, 15) is 13.2 Å². The van der Waals surface area contributed by atoms with Gasteiger partial charge in [0, 0.05) is 10.7 Å². The summed E-state index contributed by atoms with van der Waals surface area (Å²) in [6.07, 6.45) is -4.41. The minimum Gasteiger partial charge on any atom is -0.376 e. The van der Waals surface area contributed by atoms with Gasteiger partial charge < -0.3 is 5.32 Å². The summed E-state index contributed by atoms with van der Waals surface area (Å²) in [4.78, 5) is 0. The molecular formula is C8H7ClF3NS. The molecule has 1 nitrogen and oxygen atoms in total. The van der Waals surface area contributed by atoms with Crippen molar-refractivity contribution in [1.29, 1.82) is 0 Å². The van der Waals surface area contributed by atoms with Crippen LogP contribution in [-0.4, -0.2) is 5.88 Å². The number of hydrogen-bond acceptors (Lipinski definition) is 2. The molecule has 1 N–H and O–H groups in total. The average molecular weight is 242 g/mol. The maximum atomic E-state index is 12.4. The van der Waals surface area contributed by atoms with Gasteiger partial charge in [0.15, 0.2) is 0 Å². The third kappa shape index (κ3) is 2.72. The number of thiol groups is 1. The van der Waals surface area contributed by atoms with Gasteiger partial charge in [-0.15, -0.1) is 0 Å². The van der Waals surface area contributed by atoms with Crippen LogP contribution < -0.4 is 5.32 Å². The Morgan fingerprint density at radius 1 is 1.36 bits per heavy atom. The molecule has 0 radical (unpaired) electrons. The van der Waals surface area contributed by atoms with E-state index in [1.54, 1.807) is 0 Å². The first-order chi connectivity index (χ1) is 6.45. The Kier molecular flexibility index (Phi) is 3.55. The van der Waals surface area contributed by atoms with Crippen LogP contribution in [0.5, 0.6) is 0 Å². The standard InChI is InChI=1S/C8H7ClF3NS/c9-5-1-2-7(13-4-14)6(3-5)8(10,11)12/h1-3,13-14H,4H2. The Balaban J connectivity index is 3.16. The zero-order chi connectivity index (χ0) is 10.8. The first-order valence-corrected chi connectivity index (χ1v) is 4.67. The number of hydrogen-bond donors (Lipinski definition) is 2. The molecule has 0 amide bonds. The van der Waals surface area contributed by atoms with E-state index in [1.807, 2.05) is 0 Å². The highest BCUT2D eigenvalue weighted by molar-refractivity contribution is 7.80. The van der Waals surface area contributed by atoms with E-state index >= 15 is 0 Å². The normalized spacial score (nSPS) is 11.5. The minimum absolute atomic E-state index is 0.0168. The Bertz CT molecular complexity index is 327. The molecule has 6 heteroatoms. The zero-order valence-electron chi connectivity index (χ0n) is 6.90. The third-order valence-corrected chi connectivity index (χ3v) is 1.95. The molecule has 0 heterocycles. The lowest BCUT2D eigenvalue weighted by molar-refractivity contribution is -0.136. The molecule has 14 heavy (non-hydrogen) atoms. The lowest BCUT2D eigenvalue weighted by atomic mass is 10.1. The van der Waals surface area contributed by atoms with Crippen LogP contribution in [-0.2, 0) is 6.18 Å². The molecule has 1 rings (SSSR count). The van der Waals surface area contributed by atoms with Crippen molar-refractivity contribution in [3.63, 3.8) is 0 Å². The number of rotatable bonds is 2. The van der Waals surface area contributed by atoms with E-state index in [0.717, 1.165) is 6.07 Å². The van der Waals surface area contributed by atoms with Crippen LogP contribution in [0.3, 0.4) is 0 Å². The topological polar surface area (TPSA) is 12.0 Å². The second-order valence-electron chi connectivity index (χ2n) is 2.52. The van der Waals surface area contributed by atoms with Gasteiger partial charge in [-0.25, -0.2) is 0 Å². The summed E-state index contributed by atoms with van der Waals surface area (Å²) in [5.41, 5.74) is -0.795. The molecule has 0 aliphatic heterocycles. The second kappa shape index (κ2) is 4.31. The number of alkyl halides is 3. The fraction of sp³-hybridized carbons (Fsp3) is 0.250. The Labute approximate surface area is 89.7 Å². The molecule has 0 saturated heterocycles. The molecule has 0 fully saturated rings. The van der Waals surface area contributed by atoms with Crippen LogP contribution in [0.1, 0.15) is 5.56 Å². The van der Waals surface area contributed by atoms with Crippen molar-refractivity contribution >= 4 is 29.9 Å². The summed E-state index contributed by atoms with van der Waals surface area (Å²) in [5, 5.41) is 2.55. The van der Waals surface area contributed by atoms with Gasteiger partial charge in [-0.2, -0.15) is 25.8 Å². The largest absolute Gasteiger partial charge is 0.418 e. The van der Waals surface area contributed by atoms with Gasteiger partial charge in [-0.3, -0.25) is 0 Å². The molecule has 0 aromatic heterocycles. The van der Waals surface area contributed by atoms with E-state index in [4.69, 9.17) is 11.6 Å². The van der Waals surface area contributed by atoms with Gasteiger partial charge in [-0.05, 0) is 18.2 Å². The molecule has 0 atom stereocenters. The summed E-state index contributed by atoms with van der Waals surface area (Å²) < 4.78 is 37.3. The summed E-state index contributed by atoms with van der Waals surface area (Å²) in [6, 6.07) is 3.55. The second-order valence-corrected chi connectivity index (χ2v) is 3.28. The van der Waals surface area contributed by atoms with Crippen molar-refractivity contribution in [3.05, 3.63) is 28.8 Å². The fourth-order valence-electron chi connectivity index (χ4n) is 0.990. The van der Waals surface area contributed by atoms with Crippen LogP contribution in [0.25, 0.3) is 0 Å². The summed E-state index contributed by atoms with van der Waals surface area (Å²) in [6.45, 7) is 0. The van der Waals surface area contributed by atoms with Gasteiger partial charge in [0.2, 0.25) is 0 Å². The molecule has 1 aromatic rings. The SMILES string of the molecule is FC(F)(F)c1cc(Cl)ccc1NCS. The van der Waals surface area contributed by atoms with E-state index in [1.165, 1.54) is 12.1 Å². The average Bonchev–Trinajstić information content (AvgIpc) is 2.07. The fourth-order valence-corrected chi connectivity index (χ4v) is 1.33. The first kappa shape index (κ1) is 11.5. The van der Waals surface area contributed by atoms with Crippen LogP contribution in [0.4, 0.5) is 18.9 Å². The van der Waals surface area contributed by atoms with Crippen LogP contribution in [0.15, 0.2) is 18.2 Å². The lowest BCUT2D eigenvalue weighted by Crippen LogP contribution is -2.09. The first-order valence-electron chi connectivity index (χ1n) is 3.66. The predicted molar refractivity (Wildman–Crippen MR) is 53.9 cm³/mol. The highest BCUT2D eigenvalue weighted by atomic mass is 35.5. The highest BCUT2D eigenvalue weighted by Gasteiger charge is 2.33. The maximum Gasteiger partial charge on any atom is 0.418 e. The van der Waals surface area contributed by atoms with Gasteiger partial charge in [0.05, 0.1) is 11.4 Å². The van der Waals surface area contributed by atoms with E-state index in [-0.39, 0.29) is 16.6 Å². The van der Waals surface area contributed by atoms with Crippen molar-refractivity contribution in [3.8, 4) is 0 Å². The number of halogens is 4. The minimum atomic E-state index is -4.41. The van der Waals surface area contributed by atoms with Gasteiger partial charge in [-0.1, -0.05) is 11.6 Å². The van der Waals surface area contributed by atoms with E-state index in [0.29, 0.717) is 0 Å². The van der Waals surface area contributed by atoms with Gasteiger partial charge in [0.1, 0.15) is 0 Å². The summed E-state index contributed by atoms with van der Waals surface area (Å²) in [5.74, 6) is 0.130. The van der Waals surface area contributed by atoms with Crippen LogP contribution in [0, 0.1) is 0 Å².